The number of pyridine rings is 1. The summed E-state index contributed by atoms with van der Waals surface area (Å²) in [5, 5.41) is 1.08. The van der Waals surface area contributed by atoms with Gasteiger partial charge in [0.05, 0.1) is 0 Å². The van der Waals surface area contributed by atoms with Crippen molar-refractivity contribution < 1.29 is 9.53 Å². The average Bonchev–Trinajstić information content (AvgIpc) is 3.16. The average molecular weight is 335 g/mol. The lowest BCUT2D eigenvalue weighted by atomic mass is 10.1. The second-order valence-electron chi connectivity index (χ2n) is 6.38. The van der Waals surface area contributed by atoms with Gasteiger partial charge in [0.1, 0.15) is 23.9 Å². The number of likely N-dealkylation sites (tertiary alicyclic amines) is 1. The van der Waals surface area contributed by atoms with Crippen molar-refractivity contribution in [2.24, 2.45) is 0 Å². The van der Waals surface area contributed by atoms with Gasteiger partial charge in [0.15, 0.2) is 0 Å². The fourth-order valence-electron chi connectivity index (χ4n) is 3.31. The first-order valence-electron chi connectivity index (χ1n) is 8.68. The third-order valence-corrected chi connectivity index (χ3v) is 4.67. The molecule has 25 heavy (non-hydrogen) atoms. The van der Waals surface area contributed by atoms with E-state index in [0.29, 0.717) is 6.54 Å². The van der Waals surface area contributed by atoms with E-state index in [-0.39, 0.29) is 12.0 Å². The first-order valence-corrected chi connectivity index (χ1v) is 8.68. The van der Waals surface area contributed by atoms with Gasteiger partial charge in [-0.25, -0.2) is 0 Å². The van der Waals surface area contributed by atoms with Crippen molar-refractivity contribution in [2.75, 3.05) is 13.1 Å². The molecule has 1 fully saturated rings. The number of carbonyl (C=O) groups is 1. The van der Waals surface area contributed by atoms with E-state index in [4.69, 9.17) is 4.74 Å². The van der Waals surface area contributed by atoms with E-state index < -0.39 is 0 Å². The maximum Gasteiger partial charge on any atom is 0.242 e. The Morgan fingerprint density at radius 2 is 1.84 bits per heavy atom. The largest absolute Gasteiger partial charge is 0.488 e. The first-order chi connectivity index (χ1) is 12.3. The summed E-state index contributed by atoms with van der Waals surface area (Å²) in [4.78, 5) is 18.7. The topological polar surface area (TPSA) is 47.4 Å². The zero-order valence-electron chi connectivity index (χ0n) is 14.0. The van der Waals surface area contributed by atoms with Crippen LogP contribution in [0, 0.1) is 0 Å². The van der Waals surface area contributed by atoms with Gasteiger partial charge >= 0.3 is 0 Å². The number of ether oxygens (including phenoxy) is 1. The molecule has 0 atom stereocenters. The monoisotopic (exact) mass is 335 g/mol. The minimum Gasteiger partial charge on any atom is -0.488 e. The van der Waals surface area contributed by atoms with Crippen LogP contribution in [-0.4, -0.2) is 39.6 Å². The van der Waals surface area contributed by atoms with Gasteiger partial charge in [-0.05, 0) is 24.3 Å². The van der Waals surface area contributed by atoms with Crippen LogP contribution in [0.3, 0.4) is 0 Å². The van der Waals surface area contributed by atoms with Crippen LogP contribution in [0.2, 0.25) is 0 Å². The Balaban J connectivity index is 1.36. The Bertz CT molecular complexity index is 847. The molecule has 0 saturated carbocycles. The highest BCUT2D eigenvalue weighted by Gasteiger charge is 2.24. The Labute approximate surface area is 146 Å². The molecule has 128 valence electrons. The van der Waals surface area contributed by atoms with Gasteiger partial charge < -0.3 is 14.2 Å². The highest BCUT2D eigenvalue weighted by molar-refractivity contribution is 5.84. The summed E-state index contributed by atoms with van der Waals surface area (Å²) in [5.74, 6) is 0.997. The summed E-state index contributed by atoms with van der Waals surface area (Å²) in [6.07, 6.45) is 7.45. The second kappa shape index (κ2) is 6.97. The number of hydrogen-bond acceptors (Lipinski definition) is 3. The third kappa shape index (κ3) is 3.50. The Kier molecular flexibility index (Phi) is 4.37. The fourth-order valence-corrected chi connectivity index (χ4v) is 3.31. The van der Waals surface area contributed by atoms with Gasteiger partial charge in [-0.15, -0.1) is 0 Å². The minimum absolute atomic E-state index is 0.128. The molecule has 1 aliphatic heterocycles. The van der Waals surface area contributed by atoms with Gasteiger partial charge in [0, 0.05) is 49.9 Å². The zero-order chi connectivity index (χ0) is 17.1. The van der Waals surface area contributed by atoms with Gasteiger partial charge in [-0.3, -0.25) is 9.78 Å². The number of amides is 1. The number of carbonyl (C=O) groups excluding carboxylic acids is 1. The molecule has 1 saturated heterocycles. The van der Waals surface area contributed by atoms with E-state index in [1.165, 1.54) is 0 Å². The molecule has 5 heteroatoms. The van der Waals surface area contributed by atoms with Gasteiger partial charge in [-0.1, -0.05) is 18.2 Å². The maximum atomic E-state index is 12.4. The number of hydrogen-bond donors (Lipinski definition) is 0. The normalized spacial score (nSPS) is 15.4. The predicted octanol–water partition coefficient (Wildman–Crippen LogP) is 3.11. The molecule has 4 rings (SSSR count). The smallest absolute Gasteiger partial charge is 0.242 e. The Hall–Kier alpha value is -2.82. The van der Waals surface area contributed by atoms with Crippen molar-refractivity contribution >= 4 is 16.8 Å². The van der Waals surface area contributed by atoms with Crippen LogP contribution in [0.5, 0.6) is 5.75 Å². The van der Waals surface area contributed by atoms with E-state index in [2.05, 4.69) is 4.98 Å². The number of rotatable bonds is 4. The molecule has 2 aromatic heterocycles. The minimum atomic E-state index is 0.128. The summed E-state index contributed by atoms with van der Waals surface area (Å²) in [6.45, 7) is 1.89. The maximum absolute atomic E-state index is 12.4. The molecule has 3 aromatic rings. The van der Waals surface area contributed by atoms with Crippen LogP contribution in [0.25, 0.3) is 10.9 Å². The second-order valence-corrected chi connectivity index (χ2v) is 6.38. The molecule has 0 radical (unpaired) electrons. The summed E-state index contributed by atoms with van der Waals surface area (Å²) in [7, 11) is 0. The molecule has 1 aliphatic rings. The van der Waals surface area contributed by atoms with Crippen LogP contribution in [0.1, 0.15) is 12.8 Å². The van der Waals surface area contributed by atoms with Crippen molar-refractivity contribution in [1.82, 2.24) is 14.5 Å². The molecular weight excluding hydrogens is 314 g/mol. The van der Waals surface area contributed by atoms with E-state index in [1.54, 1.807) is 6.20 Å². The van der Waals surface area contributed by atoms with Crippen LogP contribution in [0.15, 0.2) is 61.1 Å². The predicted molar refractivity (Wildman–Crippen MR) is 96.4 cm³/mol. The number of aromatic nitrogens is 2. The van der Waals surface area contributed by atoms with Crippen molar-refractivity contribution in [3.05, 3.63) is 61.1 Å². The molecular formula is C20H21N3O2. The zero-order valence-corrected chi connectivity index (χ0v) is 14.0. The van der Waals surface area contributed by atoms with Crippen molar-refractivity contribution in [1.29, 1.82) is 0 Å². The number of piperidine rings is 1. The number of fused-ring (bicyclic) bond motifs is 1. The van der Waals surface area contributed by atoms with Crippen molar-refractivity contribution in [3.8, 4) is 5.75 Å². The van der Waals surface area contributed by atoms with E-state index in [9.17, 15) is 4.79 Å². The Morgan fingerprint density at radius 3 is 2.64 bits per heavy atom. The van der Waals surface area contributed by atoms with Crippen LogP contribution >= 0.6 is 0 Å². The highest BCUT2D eigenvalue weighted by atomic mass is 16.5. The number of nitrogens with zero attached hydrogens (tertiary/aromatic N) is 3. The fraction of sp³-hybridized carbons (Fsp3) is 0.300. The molecule has 0 aliphatic carbocycles. The first kappa shape index (κ1) is 15.7. The van der Waals surface area contributed by atoms with E-state index in [1.807, 2.05) is 64.3 Å². The lowest BCUT2D eigenvalue weighted by molar-refractivity contribution is -0.133. The SMILES string of the molecule is O=C(Cn1cccc1)N1CCC(Oc2cccc3cccnc23)CC1. The molecule has 0 N–H and O–H groups in total. The quantitative estimate of drug-likeness (QED) is 0.736. The van der Waals surface area contributed by atoms with Gasteiger partial charge in [0.25, 0.3) is 0 Å². The van der Waals surface area contributed by atoms with Crippen molar-refractivity contribution in [2.45, 2.75) is 25.5 Å². The summed E-state index contributed by atoms with van der Waals surface area (Å²) in [6, 6.07) is 13.8. The molecule has 0 bridgehead atoms. The van der Waals surface area contributed by atoms with Gasteiger partial charge in [-0.2, -0.15) is 0 Å². The third-order valence-electron chi connectivity index (χ3n) is 4.67. The molecule has 1 aromatic carbocycles. The van der Waals surface area contributed by atoms with E-state index in [0.717, 1.165) is 42.6 Å². The molecule has 0 spiro atoms. The van der Waals surface area contributed by atoms with Crippen LogP contribution < -0.4 is 4.74 Å². The summed E-state index contributed by atoms with van der Waals surface area (Å²) in [5.41, 5.74) is 0.899. The lowest BCUT2D eigenvalue weighted by Gasteiger charge is -2.32. The Morgan fingerprint density at radius 1 is 1.08 bits per heavy atom. The summed E-state index contributed by atoms with van der Waals surface area (Å²) >= 11 is 0. The number of para-hydroxylation sites is 1. The van der Waals surface area contributed by atoms with Crippen molar-refractivity contribution in [3.63, 3.8) is 0 Å². The number of benzene rings is 1. The molecule has 0 unspecified atom stereocenters. The molecule has 1 amide bonds. The summed E-state index contributed by atoms with van der Waals surface area (Å²) < 4.78 is 8.11. The highest BCUT2D eigenvalue weighted by Crippen LogP contribution is 2.26. The van der Waals surface area contributed by atoms with Crippen LogP contribution in [0.4, 0.5) is 0 Å². The standard InChI is InChI=1S/C20H21N3O2/c24-19(15-22-11-1-2-12-22)23-13-8-17(9-14-23)25-18-7-3-5-16-6-4-10-21-20(16)18/h1-7,10-12,17H,8-9,13-15H2. The lowest BCUT2D eigenvalue weighted by Crippen LogP contribution is -2.43. The van der Waals surface area contributed by atoms with Gasteiger partial charge in [0.2, 0.25) is 5.91 Å². The van der Waals surface area contributed by atoms with Crippen LogP contribution in [-0.2, 0) is 11.3 Å². The molecule has 5 nitrogen and oxygen atoms in total. The molecule has 3 heterocycles. The van der Waals surface area contributed by atoms with E-state index >= 15 is 0 Å².